The van der Waals surface area contributed by atoms with Gasteiger partial charge in [-0.3, -0.25) is 4.79 Å². The first-order chi connectivity index (χ1) is 11.5. The van der Waals surface area contributed by atoms with Crippen molar-refractivity contribution in [2.24, 2.45) is 0 Å². The molecule has 0 radical (unpaired) electrons. The summed E-state index contributed by atoms with van der Waals surface area (Å²) in [5.41, 5.74) is 3.44. The van der Waals surface area contributed by atoms with Crippen LogP contribution in [0.4, 0.5) is 5.69 Å². The molecular weight excluding hydrogens is 304 g/mol. The maximum absolute atomic E-state index is 12.2. The summed E-state index contributed by atoms with van der Waals surface area (Å²) in [5.74, 6) is -1.01. The number of carbonyl (C=O) groups is 2. The van der Waals surface area contributed by atoms with E-state index in [0.29, 0.717) is 5.56 Å². The second-order valence-corrected chi connectivity index (χ2v) is 5.28. The van der Waals surface area contributed by atoms with Gasteiger partial charge in [-0.2, -0.15) is 0 Å². The van der Waals surface area contributed by atoms with Crippen LogP contribution in [-0.2, 0) is 9.53 Å². The molecule has 124 valence electrons. The van der Waals surface area contributed by atoms with Crippen molar-refractivity contribution in [1.82, 2.24) is 5.32 Å². The fourth-order valence-electron chi connectivity index (χ4n) is 2.23. The molecular formula is C19H20N2O3. The van der Waals surface area contributed by atoms with E-state index in [0.717, 1.165) is 16.8 Å². The second-order valence-electron chi connectivity index (χ2n) is 5.28. The van der Waals surface area contributed by atoms with E-state index in [1.165, 1.54) is 13.3 Å². The third-order valence-electron chi connectivity index (χ3n) is 3.53. The molecule has 0 saturated heterocycles. The summed E-state index contributed by atoms with van der Waals surface area (Å²) in [4.78, 5) is 24.2. The number of benzene rings is 2. The Morgan fingerprint density at radius 2 is 1.58 bits per heavy atom. The minimum Gasteiger partial charge on any atom is -0.464 e. The molecule has 0 aliphatic carbocycles. The van der Waals surface area contributed by atoms with Gasteiger partial charge in [-0.25, -0.2) is 4.79 Å². The van der Waals surface area contributed by atoms with Crippen LogP contribution in [0.15, 0.2) is 60.4 Å². The van der Waals surface area contributed by atoms with Crippen LogP contribution < -0.4 is 10.6 Å². The quantitative estimate of drug-likeness (QED) is 0.655. The largest absolute Gasteiger partial charge is 0.464 e. The molecule has 0 spiro atoms. The third kappa shape index (κ3) is 4.23. The van der Waals surface area contributed by atoms with Crippen molar-refractivity contribution in [3.63, 3.8) is 0 Å². The van der Waals surface area contributed by atoms with Crippen LogP contribution in [0.25, 0.3) is 0 Å². The third-order valence-corrected chi connectivity index (χ3v) is 3.53. The molecule has 5 nitrogen and oxygen atoms in total. The van der Waals surface area contributed by atoms with Crippen molar-refractivity contribution in [1.29, 1.82) is 0 Å². The first-order valence-electron chi connectivity index (χ1n) is 7.50. The molecule has 2 N–H and O–H groups in total. The number of nitrogens with one attached hydrogen (secondary N) is 2. The van der Waals surface area contributed by atoms with Gasteiger partial charge in [0.15, 0.2) is 0 Å². The Morgan fingerprint density at radius 1 is 0.958 bits per heavy atom. The lowest BCUT2D eigenvalue weighted by Crippen LogP contribution is -2.28. The molecule has 2 rings (SSSR count). The molecule has 0 aromatic heterocycles. The Morgan fingerprint density at radius 3 is 2.17 bits per heavy atom. The van der Waals surface area contributed by atoms with Crippen molar-refractivity contribution in [3.8, 4) is 0 Å². The Bertz CT molecular complexity index is 747. The van der Waals surface area contributed by atoms with Crippen LogP contribution in [0.3, 0.4) is 0 Å². The van der Waals surface area contributed by atoms with Crippen molar-refractivity contribution in [2.45, 2.75) is 13.8 Å². The SMILES string of the molecule is COC(=O)/C(=C/Nc1c(C)cccc1C)NC(=O)c1ccccc1. The summed E-state index contributed by atoms with van der Waals surface area (Å²) in [6.07, 6.45) is 1.45. The second kappa shape index (κ2) is 7.97. The number of methoxy groups -OCH3 is 1. The Labute approximate surface area is 141 Å². The highest BCUT2D eigenvalue weighted by atomic mass is 16.5. The van der Waals surface area contributed by atoms with E-state index in [-0.39, 0.29) is 11.6 Å². The van der Waals surface area contributed by atoms with Gasteiger partial charge in [-0.1, -0.05) is 36.4 Å². The average Bonchev–Trinajstić information content (AvgIpc) is 2.60. The molecule has 0 fully saturated rings. The van der Waals surface area contributed by atoms with E-state index in [1.807, 2.05) is 38.1 Å². The van der Waals surface area contributed by atoms with Gasteiger partial charge in [-0.05, 0) is 37.1 Å². The number of para-hydroxylation sites is 1. The minimum absolute atomic E-state index is 0.0361. The highest BCUT2D eigenvalue weighted by Crippen LogP contribution is 2.19. The monoisotopic (exact) mass is 324 g/mol. The van der Waals surface area contributed by atoms with E-state index in [2.05, 4.69) is 10.6 Å². The molecule has 0 atom stereocenters. The van der Waals surface area contributed by atoms with Crippen molar-refractivity contribution < 1.29 is 14.3 Å². The van der Waals surface area contributed by atoms with Gasteiger partial charge in [-0.15, -0.1) is 0 Å². The lowest BCUT2D eigenvalue weighted by atomic mass is 10.1. The van der Waals surface area contributed by atoms with Gasteiger partial charge >= 0.3 is 5.97 Å². The van der Waals surface area contributed by atoms with Crippen LogP contribution in [0.5, 0.6) is 0 Å². The van der Waals surface area contributed by atoms with Crippen molar-refractivity contribution >= 4 is 17.6 Å². The van der Waals surface area contributed by atoms with Gasteiger partial charge in [0.1, 0.15) is 5.70 Å². The number of esters is 1. The van der Waals surface area contributed by atoms with E-state index in [9.17, 15) is 9.59 Å². The van der Waals surface area contributed by atoms with Crippen molar-refractivity contribution in [2.75, 3.05) is 12.4 Å². The van der Waals surface area contributed by atoms with Crippen LogP contribution in [0.2, 0.25) is 0 Å². The van der Waals surface area contributed by atoms with Gasteiger partial charge in [0.2, 0.25) is 0 Å². The summed E-state index contributed by atoms with van der Waals surface area (Å²) in [6, 6.07) is 14.5. The molecule has 0 aliphatic heterocycles. The van der Waals surface area contributed by atoms with E-state index >= 15 is 0 Å². The summed E-state index contributed by atoms with van der Waals surface area (Å²) < 4.78 is 4.74. The number of hydrogen-bond acceptors (Lipinski definition) is 4. The standard InChI is InChI=1S/C19H20N2O3/c1-13-8-7-9-14(2)17(13)20-12-16(19(23)24-3)21-18(22)15-10-5-4-6-11-15/h4-12,20H,1-3H3,(H,21,22)/b16-12-. The Balaban J connectivity index is 2.22. The first-order valence-corrected chi connectivity index (χ1v) is 7.50. The number of hydrogen-bond donors (Lipinski definition) is 2. The molecule has 5 heteroatoms. The minimum atomic E-state index is -0.627. The maximum Gasteiger partial charge on any atom is 0.356 e. The molecule has 0 heterocycles. The summed E-state index contributed by atoms with van der Waals surface area (Å²) in [6.45, 7) is 3.92. The van der Waals surface area contributed by atoms with Crippen molar-refractivity contribution in [3.05, 3.63) is 77.1 Å². The number of amides is 1. The predicted molar refractivity (Wildman–Crippen MR) is 93.5 cm³/mol. The summed E-state index contributed by atoms with van der Waals surface area (Å²) in [7, 11) is 1.27. The predicted octanol–water partition coefficient (Wildman–Crippen LogP) is 3.16. The fraction of sp³-hybridized carbons (Fsp3) is 0.158. The molecule has 0 unspecified atom stereocenters. The zero-order valence-electron chi connectivity index (χ0n) is 13.9. The van der Waals surface area contributed by atoms with E-state index in [1.54, 1.807) is 24.3 Å². The molecule has 2 aromatic rings. The highest BCUT2D eigenvalue weighted by Gasteiger charge is 2.15. The topological polar surface area (TPSA) is 67.4 Å². The average molecular weight is 324 g/mol. The lowest BCUT2D eigenvalue weighted by Gasteiger charge is -2.12. The molecule has 0 aliphatic rings. The number of carbonyl (C=O) groups excluding carboxylic acids is 2. The zero-order valence-corrected chi connectivity index (χ0v) is 13.9. The fourth-order valence-corrected chi connectivity index (χ4v) is 2.23. The van der Waals surface area contributed by atoms with E-state index < -0.39 is 5.97 Å². The highest BCUT2D eigenvalue weighted by molar-refractivity contribution is 6.01. The van der Waals surface area contributed by atoms with Crippen LogP contribution in [0, 0.1) is 13.8 Å². The molecule has 2 aromatic carbocycles. The molecule has 0 saturated carbocycles. The summed E-state index contributed by atoms with van der Waals surface area (Å²) in [5, 5.41) is 5.65. The van der Waals surface area contributed by atoms with Gasteiger partial charge < -0.3 is 15.4 Å². The number of ether oxygens (including phenoxy) is 1. The lowest BCUT2D eigenvalue weighted by molar-refractivity contribution is -0.136. The number of anilines is 1. The maximum atomic E-state index is 12.2. The Hall–Kier alpha value is -3.08. The normalized spacial score (nSPS) is 10.9. The Kier molecular flexibility index (Phi) is 5.73. The van der Waals surface area contributed by atoms with Crippen LogP contribution >= 0.6 is 0 Å². The summed E-state index contributed by atoms with van der Waals surface area (Å²) >= 11 is 0. The van der Waals surface area contributed by atoms with Gasteiger partial charge in [0.05, 0.1) is 7.11 Å². The first kappa shape index (κ1) is 17.3. The zero-order chi connectivity index (χ0) is 17.5. The van der Waals surface area contributed by atoms with Gasteiger partial charge in [0.25, 0.3) is 5.91 Å². The van der Waals surface area contributed by atoms with Crippen LogP contribution in [0.1, 0.15) is 21.5 Å². The van der Waals surface area contributed by atoms with Gasteiger partial charge in [0, 0.05) is 17.5 Å². The molecule has 0 bridgehead atoms. The van der Waals surface area contributed by atoms with E-state index in [4.69, 9.17) is 4.74 Å². The number of rotatable bonds is 5. The smallest absolute Gasteiger partial charge is 0.356 e. The van der Waals surface area contributed by atoms with Crippen LogP contribution in [-0.4, -0.2) is 19.0 Å². The number of aryl methyl sites for hydroxylation is 2. The molecule has 1 amide bonds. The molecule has 24 heavy (non-hydrogen) atoms.